The van der Waals surface area contributed by atoms with E-state index in [0.29, 0.717) is 31.2 Å². The van der Waals surface area contributed by atoms with E-state index in [1.54, 1.807) is 11.1 Å². The van der Waals surface area contributed by atoms with E-state index in [1.807, 2.05) is 39.0 Å². The second kappa shape index (κ2) is 9.60. The van der Waals surface area contributed by atoms with Gasteiger partial charge in [-0.1, -0.05) is 18.6 Å². The standard InChI is InChI=1S/C26H31N7O3/c1-26(2,3)36-25(35)32(13-17-5-4-6-17)14-20-10-19-8-7-18(9-21(19)31-20)11-28-24(34)22-15-33-23(12-27-22)29-16-30-33/h7-10,12,15-17,31H,4-6,11,13-14H2,1-3H3,(H,28,34). The zero-order chi connectivity index (χ0) is 25.3. The van der Waals surface area contributed by atoms with E-state index in [4.69, 9.17) is 4.74 Å². The molecule has 0 unspecified atom stereocenters. The quantitative estimate of drug-likeness (QED) is 0.404. The van der Waals surface area contributed by atoms with Gasteiger partial charge in [-0.25, -0.2) is 19.3 Å². The Bertz CT molecular complexity index is 1400. The van der Waals surface area contributed by atoms with Crippen molar-refractivity contribution < 1.29 is 14.3 Å². The van der Waals surface area contributed by atoms with Gasteiger partial charge in [-0.05, 0) is 62.6 Å². The van der Waals surface area contributed by atoms with Crippen LogP contribution in [-0.2, 0) is 17.8 Å². The van der Waals surface area contributed by atoms with Crippen molar-refractivity contribution in [1.29, 1.82) is 0 Å². The number of aromatic nitrogens is 5. The number of hydrogen-bond acceptors (Lipinski definition) is 6. The summed E-state index contributed by atoms with van der Waals surface area (Å²) >= 11 is 0. The molecule has 1 aromatic carbocycles. The summed E-state index contributed by atoms with van der Waals surface area (Å²) in [5, 5.41) is 7.99. The second-order valence-electron chi connectivity index (χ2n) is 10.4. The van der Waals surface area contributed by atoms with E-state index >= 15 is 0 Å². The van der Waals surface area contributed by atoms with Crippen molar-refractivity contribution in [2.45, 2.75) is 58.7 Å². The van der Waals surface area contributed by atoms with Crippen LogP contribution in [0.1, 0.15) is 61.8 Å². The zero-order valence-electron chi connectivity index (χ0n) is 20.8. The lowest BCUT2D eigenvalue weighted by molar-refractivity contribution is 0.0171. The lowest BCUT2D eigenvalue weighted by Crippen LogP contribution is -2.40. The van der Waals surface area contributed by atoms with Gasteiger partial charge in [-0.15, -0.1) is 0 Å². The van der Waals surface area contributed by atoms with Crippen molar-refractivity contribution in [1.82, 2.24) is 34.8 Å². The summed E-state index contributed by atoms with van der Waals surface area (Å²) in [5.74, 6) is 0.250. The topological polar surface area (TPSA) is 118 Å². The average Bonchev–Trinajstić information content (AvgIpc) is 3.43. The van der Waals surface area contributed by atoms with Crippen LogP contribution in [0.25, 0.3) is 16.6 Å². The van der Waals surface area contributed by atoms with Crippen LogP contribution >= 0.6 is 0 Å². The highest BCUT2D eigenvalue weighted by Crippen LogP contribution is 2.28. The molecule has 4 aromatic rings. The molecule has 2 amide bonds. The number of aromatic amines is 1. The fourth-order valence-electron chi connectivity index (χ4n) is 4.27. The summed E-state index contributed by atoms with van der Waals surface area (Å²) in [6.07, 6.45) is 7.74. The zero-order valence-corrected chi connectivity index (χ0v) is 20.8. The van der Waals surface area contributed by atoms with Crippen LogP contribution in [0.5, 0.6) is 0 Å². The van der Waals surface area contributed by atoms with Crippen LogP contribution < -0.4 is 5.32 Å². The number of benzene rings is 1. The third-order valence-electron chi connectivity index (χ3n) is 6.31. The van der Waals surface area contributed by atoms with Crippen LogP contribution in [0.2, 0.25) is 0 Å². The first-order chi connectivity index (χ1) is 17.2. The molecule has 36 heavy (non-hydrogen) atoms. The van der Waals surface area contributed by atoms with Gasteiger partial charge in [0.05, 0.1) is 18.9 Å². The monoisotopic (exact) mass is 489 g/mol. The summed E-state index contributed by atoms with van der Waals surface area (Å²) in [6.45, 7) is 7.18. The summed E-state index contributed by atoms with van der Waals surface area (Å²) < 4.78 is 7.18. The lowest BCUT2D eigenvalue weighted by atomic mass is 9.85. The molecule has 0 spiro atoms. The molecule has 1 aliphatic rings. The summed E-state index contributed by atoms with van der Waals surface area (Å²) in [4.78, 5) is 38.9. The molecule has 3 heterocycles. The molecule has 0 bridgehead atoms. The molecule has 0 radical (unpaired) electrons. The SMILES string of the molecule is CC(C)(C)OC(=O)N(Cc1cc2ccc(CNC(=O)c3cn4ncnc4cn3)cc2[nH]1)CC1CCC1. The van der Waals surface area contributed by atoms with E-state index in [1.165, 1.54) is 23.5 Å². The number of nitrogens with one attached hydrogen (secondary N) is 2. The number of rotatable bonds is 7. The largest absolute Gasteiger partial charge is 0.444 e. The molecule has 10 heteroatoms. The Morgan fingerprint density at radius 2 is 2.06 bits per heavy atom. The van der Waals surface area contributed by atoms with Crippen LogP contribution in [0.4, 0.5) is 4.79 Å². The van der Waals surface area contributed by atoms with Crippen molar-refractivity contribution in [2.75, 3.05) is 6.54 Å². The van der Waals surface area contributed by atoms with Crippen molar-refractivity contribution in [2.24, 2.45) is 5.92 Å². The Kier molecular flexibility index (Phi) is 6.34. The molecule has 188 valence electrons. The third kappa shape index (κ3) is 5.48. The molecule has 0 atom stereocenters. The van der Waals surface area contributed by atoms with Crippen LogP contribution in [0, 0.1) is 5.92 Å². The fourth-order valence-corrected chi connectivity index (χ4v) is 4.27. The molecule has 0 aliphatic heterocycles. The minimum Gasteiger partial charge on any atom is -0.444 e. The molecular weight excluding hydrogens is 458 g/mol. The number of amides is 2. The Balaban J connectivity index is 1.25. The molecule has 5 rings (SSSR count). The Labute approximate surface area is 209 Å². The van der Waals surface area contributed by atoms with Crippen molar-refractivity contribution >= 4 is 28.6 Å². The normalized spacial score (nSPS) is 14.1. The van der Waals surface area contributed by atoms with Gasteiger partial charge in [-0.3, -0.25) is 4.79 Å². The number of ether oxygens (including phenoxy) is 1. The Morgan fingerprint density at radius 1 is 1.22 bits per heavy atom. The molecule has 1 aliphatic carbocycles. The highest BCUT2D eigenvalue weighted by molar-refractivity contribution is 5.92. The molecule has 2 N–H and O–H groups in total. The molecule has 1 fully saturated rings. The maximum Gasteiger partial charge on any atom is 0.410 e. The highest BCUT2D eigenvalue weighted by atomic mass is 16.6. The fraction of sp³-hybridized carbons (Fsp3) is 0.423. The predicted octanol–water partition coefficient (Wildman–Crippen LogP) is 4.07. The number of carbonyl (C=O) groups excluding carboxylic acids is 2. The van der Waals surface area contributed by atoms with Crippen molar-refractivity contribution in [3.8, 4) is 0 Å². The van der Waals surface area contributed by atoms with Gasteiger partial charge in [-0.2, -0.15) is 5.10 Å². The van der Waals surface area contributed by atoms with Gasteiger partial charge in [0.15, 0.2) is 5.65 Å². The number of fused-ring (bicyclic) bond motifs is 2. The third-order valence-corrected chi connectivity index (χ3v) is 6.31. The maximum absolute atomic E-state index is 12.9. The highest BCUT2D eigenvalue weighted by Gasteiger charge is 2.27. The van der Waals surface area contributed by atoms with Crippen LogP contribution in [0.3, 0.4) is 0 Å². The van der Waals surface area contributed by atoms with Gasteiger partial charge >= 0.3 is 6.09 Å². The summed E-state index contributed by atoms with van der Waals surface area (Å²) in [7, 11) is 0. The van der Waals surface area contributed by atoms with Gasteiger partial charge in [0.1, 0.15) is 17.6 Å². The van der Waals surface area contributed by atoms with Crippen LogP contribution in [0.15, 0.2) is 43.0 Å². The molecule has 3 aromatic heterocycles. The van der Waals surface area contributed by atoms with Gasteiger partial charge < -0.3 is 19.9 Å². The summed E-state index contributed by atoms with van der Waals surface area (Å²) in [6, 6.07) is 8.07. The van der Waals surface area contributed by atoms with E-state index in [-0.39, 0.29) is 17.7 Å². The van der Waals surface area contributed by atoms with Gasteiger partial charge in [0.2, 0.25) is 0 Å². The number of carbonyl (C=O) groups is 2. The minimum atomic E-state index is -0.536. The number of nitrogens with zero attached hydrogens (tertiary/aromatic N) is 5. The minimum absolute atomic E-state index is 0.268. The second-order valence-corrected chi connectivity index (χ2v) is 10.4. The van der Waals surface area contributed by atoms with Gasteiger partial charge in [0, 0.05) is 24.3 Å². The Morgan fingerprint density at radius 3 is 2.81 bits per heavy atom. The van der Waals surface area contributed by atoms with Gasteiger partial charge in [0.25, 0.3) is 5.91 Å². The molecule has 10 nitrogen and oxygen atoms in total. The first-order valence-corrected chi connectivity index (χ1v) is 12.3. The first-order valence-electron chi connectivity index (χ1n) is 12.3. The predicted molar refractivity (Wildman–Crippen MR) is 134 cm³/mol. The molecule has 0 saturated heterocycles. The smallest absolute Gasteiger partial charge is 0.410 e. The summed E-state index contributed by atoms with van der Waals surface area (Å²) in [5.41, 5.74) is 3.16. The van der Waals surface area contributed by atoms with Crippen molar-refractivity contribution in [3.05, 3.63) is 59.9 Å². The number of H-pyrrole nitrogens is 1. The lowest BCUT2D eigenvalue weighted by Gasteiger charge is -2.33. The molecular formula is C26H31N7O3. The van der Waals surface area contributed by atoms with Crippen molar-refractivity contribution in [3.63, 3.8) is 0 Å². The molecule has 1 saturated carbocycles. The van der Waals surface area contributed by atoms with Crippen LogP contribution in [-0.4, -0.2) is 53.6 Å². The average molecular weight is 490 g/mol. The van der Waals surface area contributed by atoms with E-state index in [9.17, 15) is 9.59 Å². The van der Waals surface area contributed by atoms with E-state index in [2.05, 4.69) is 31.4 Å². The maximum atomic E-state index is 12.9. The number of hydrogen-bond donors (Lipinski definition) is 2. The Hall–Kier alpha value is -3.95. The first kappa shape index (κ1) is 23.8. The van der Waals surface area contributed by atoms with E-state index < -0.39 is 5.60 Å². The van der Waals surface area contributed by atoms with E-state index in [0.717, 1.165) is 35.0 Å².